The number of anilines is 1. The molecule has 1 unspecified atom stereocenters. The number of urea groups is 1. The van der Waals surface area contributed by atoms with E-state index in [1.807, 2.05) is 13.8 Å². The Labute approximate surface area is 124 Å². The Hall–Kier alpha value is -2.05. The first-order valence-electron chi connectivity index (χ1n) is 7.18. The second-order valence-electron chi connectivity index (χ2n) is 5.77. The van der Waals surface area contributed by atoms with Gasteiger partial charge < -0.3 is 15.1 Å². The summed E-state index contributed by atoms with van der Waals surface area (Å²) in [5, 5.41) is 9.79. The van der Waals surface area contributed by atoms with Crippen molar-refractivity contribution in [3.63, 3.8) is 0 Å². The zero-order chi connectivity index (χ0) is 15.6. The number of carbonyl (C=O) groups excluding carboxylic acids is 2. The van der Waals surface area contributed by atoms with Crippen molar-refractivity contribution in [2.75, 3.05) is 32.5 Å². The molecular weight excluding hydrogens is 270 g/mol. The van der Waals surface area contributed by atoms with Crippen LogP contribution in [0.4, 0.5) is 10.6 Å². The van der Waals surface area contributed by atoms with Gasteiger partial charge >= 0.3 is 6.03 Å². The highest BCUT2D eigenvalue weighted by Crippen LogP contribution is 2.20. The van der Waals surface area contributed by atoms with Crippen LogP contribution < -0.4 is 5.32 Å². The first-order valence-corrected chi connectivity index (χ1v) is 7.18. The van der Waals surface area contributed by atoms with Crippen LogP contribution in [0.1, 0.15) is 24.1 Å². The van der Waals surface area contributed by atoms with Gasteiger partial charge in [-0.05, 0) is 26.7 Å². The maximum absolute atomic E-state index is 12.4. The first kappa shape index (κ1) is 15.3. The van der Waals surface area contributed by atoms with Gasteiger partial charge in [0, 0.05) is 38.4 Å². The number of piperidine rings is 1. The molecule has 0 saturated carbocycles. The van der Waals surface area contributed by atoms with Crippen LogP contribution in [0.3, 0.4) is 0 Å². The molecule has 1 aliphatic rings. The van der Waals surface area contributed by atoms with E-state index in [-0.39, 0.29) is 17.9 Å². The van der Waals surface area contributed by atoms with E-state index >= 15 is 0 Å². The number of H-pyrrole nitrogens is 1. The normalized spacial score (nSPS) is 18.5. The van der Waals surface area contributed by atoms with E-state index in [2.05, 4.69) is 15.5 Å². The van der Waals surface area contributed by atoms with E-state index in [1.54, 1.807) is 23.9 Å². The summed E-state index contributed by atoms with van der Waals surface area (Å²) in [6.45, 7) is 5.00. The lowest BCUT2D eigenvalue weighted by atomic mass is 9.97. The molecule has 0 spiro atoms. The largest absolute Gasteiger partial charge is 0.331 e. The molecule has 1 aliphatic heterocycles. The van der Waals surface area contributed by atoms with Crippen LogP contribution >= 0.6 is 0 Å². The number of hydrogen-bond donors (Lipinski definition) is 2. The average molecular weight is 293 g/mol. The molecule has 1 fully saturated rings. The molecule has 2 rings (SSSR count). The third-order valence-electron chi connectivity index (χ3n) is 3.94. The minimum absolute atomic E-state index is 0.0423. The molecule has 116 valence electrons. The van der Waals surface area contributed by atoms with Crippen molar-refractivity contribution in [3.05, 3.63) is 11.3 Å². The molecule has 7 nitrogen and oxygen atoms in total. The number of rotatable bonds is 2. The molecule has 1 atom stereocenters. The number of aromatic amines is 1. The van der Waals surface area contributed by atoms with Crippen molar-refractivity contribution in [1.29, 1.82) is 0 Å². The fraction of sp³-hybridized carbons (Fsp3) is 0.643. The summed E-state index contributed by atoms with van der Waals surface area (Å²) >= 11 is 0. The van der Waals surface area contributed by atoms with Crippen molar-refractivity contribution in [2.24, 2.45) is 5.92 Å². The van der Waals surface area contributed by atoms with Crippen LogP contribution in [0.2, 0.25) is 0 Å². The van der Waals surface area contributed by atoms with E-state index in [0.29, 0.717) is 18.9 Å². The number of nitrogens with one attached hydrogen (secondary N) is 2. The molecule has 0 bridgehead atoms. The third kappa shape index (κ3) is 3.34. The molecule has 0 aromatic carbocycles. The molecule has 0 radical (unpaired) electrons. The van der Waals surface area contributed by atoms with E-state index in [9.17, 15) is 9.59 Å². The Morgan fingerprint density at radius 3 is 2.67 bits per heavy atom. The van der Waals surface area contributed by atoms with Gasteiger partial charge in [-0.25, -0.2) is 4.79 Å². The highest BCUT2D eigenvalue weighted by Gasteiger charge is 2.29. The summed E-state index contributed by atoms with van der Waals surface area (Å²) in [5.74, 6) is 0.327. The summed E-state index contributed by atoms with van der Waals surface area (Å²) in [4.78, 5) is 27.6. The second-order valence-corrected chi connectivity index (χ2v) is 5.77. The van der Waals surface area contributed by atoms with Crippen LogP contribution in [0.25, 0.3) is 0 Å². The van der Waals surface area contributed by atoms with Gasteiger partial charge in [-0.1, -0.05) is 0 Å². The predicted octanol–water partition coefficient (Wildman–Crippen LogP) is 1.36. The quantitative estimate of drug-likeness (QED) is 0.864. The molecular formula is C14H23N5O2. The number of likely N-dealkylation sites (tertiary alicyclic amines) is 1. The van der Waals surface area contributed by atoms with Gasteiger partial charge in [0.1, 0.15) is 0 Å². The number of aryl methyl sites for hydroxylation is 1. The molecule has 1 aromatic rings. The maximum atomic E-state index is 12.4. The van der Waals surface area contributed by atoms with Crippen LogP contribution in [-0.2, 0) is 4.79 Å². The monoisotopic (exact) mass is 293 g/mol. The van der Waals surface area contributed by atoms with Gasteiger partial charge in [0.05, 0.1) is 5.92 Å². The SMILES string of the molecule is Cc1[nH]nc(NC(=O)C2CCCN(C(=O)N(C)C)C2)c1C. The van der Waals surface area contributed by atoms with Gasteiger partial charge in [-0.2, -0.15) is 5.10 Å². The standard InChI is InChI=1S/C14H23N5O2/c1-9-10(2)16-17-12(9)15-13(20)11-6-5-7-19(8-11)14(21)18(3)4/h11H,5-8H2,1-4H3,(H2,15,16,17,20). The average Bonchev–Trinajstić information content (AvgIpc) is 2.78. The Balaban J connectivity index is 1.99. The maximum Gasteiger partial charge on any atom is 0.319 e. The summed E-state index contributed by atoms with van der Waals surface area (Å²) in [7, 11) is 3.45. The summed E-state index contributed by atoms with van der Waals surface area (Å²) in [6, 6.07) is -0.0423. The van der Waals surface area contributed by atoms with Crippen LogP contribution in [0, 0.1) is 19.8 Å². The zero-order valence-electron chi connectivity index (χ0n) is 13.1. The van der Waals surface area contributed by atoms with E-state index < -0.39 is 0 Å². The summed E-state index contributed by atoms with van der Waals surface area (Å²) in [5.41, 5.74) is 1.89. The van der Waals surface area contributed by atoms with Crippen molar-refractivity contribution >= 4 is 17.8 Å². The minimum atomic E-state index is -0.181. The fourth-order valence-electron chi connectivity index (χ4n) is 2.47. The smallest absolute Gasteiger partial charge is 0.319 e. The van der Waals surface area contributed by atoms with E-state index in [0.717, 1.165) is 24.1 Å². The van der Waals surface area contributed by atoms with E-state index in [4.69, 9.17) is 0 Å². The fourth-order valence-corrected chi connectivity index (χ4v) is 2.47. The van der Waals surface area contributed by atoms with Crippen LogP contribution in [0.5, 0.6) is 0 Å². The molecule has 0 aliphatic carbocycles. The number of carbonyl (C=O) groups is 2. The summed E-state index contributed by atoms with van der Waals surface area (Å²) in [6.07, 6.45) is 1.64. The van der Waals surface area contributed by atoms with Crippen molar-refractivity contribution < 1.29 is 9.59 Å². The van der Waals surface area contributed by atoms with Gasteiger partial charge in [-0.15, -0.1) is 0 Å². The molecule has 2 heterocycles. The molecule has 21 heavy (non-hydrogen) atoms. The minimum Gasteiger partial charge on any atom is -0.331 e. The molecule has 3 amide bonds. The first-order chi connectivity index (χ1) is 9.90. The number of aromatic nitrogens is 2. The topological polar surface area (TPSA) is 81.3 Å². The van der Waals surface area contributed by atoms with E-state index in [1.165, 1.54) is 0 Å². The lowest BCUT2D eigenvalue weighted by Gasteiger charge is -2.33. The Kier molecular flexibility index (Phi) is 4.50. The molecule has 1 saturated heterocycles. The Morgan fingerprint density at radius 2 is 2.10 bits per heavy atom. The third-order valence-corrected chi connectivity index (χ3v) is 3.94. The van der Waals surface area contributed by atoms with Crippen molar-refractivity contribution in [1.82, 2.24) is 20.0 Å². The number of nitrogens with zero attached hydrogens (tertiary/aromatic N) is 3. The van der Waals surface area contributed by atoms with Gasteiger partial charge in [0.2, 0.25) is 5.91 Å². The number of amides is 3. The van der Waals surface area contributed by atoms with Gasteiger partial charge in [0.25, 0.3) is 0 Å². The highest BCUT2D eigenvalue weighted by molar-refractivity contribution is 5.93. The van der Waals surface area contributed by atoms with Crippen molar-refractivity contribution in [3.8, 4) is 0 Å². The predicted molar refractivity (Wildman–Crippen MR) is 80.1 cm³/mol. The van der Waals surface area contributed by atoms with Crippen molar-refractivity contribution in [2.45, 2.75) is 26.7 Å². The highest BCUT2D eigenvalue weighted by atomic mass is 16.2. The second kappa shape index (κ2) is 6.15. The zero-order valence-corrected chi connectivity index (χ0v) is 13.1. The number of hydrogen-bond acceptors (Lipinski definition) is 3. The van der Waals surface area contributed by atoms with Gasteiger partial charge in [-0.3, -0.25) is 9.89 Å². The van der Waals surface area contributed by atoms with Gasteiger partial charge in [0.15, 0.2) is 5.82 Å². The Bertz CT molecular complexity index is 537. The molecule has 2 N–H and O–H groups in total. The lowest BCUT2D eigenvalue weighted by Crippen LogP contribution is -2.47. The molecule has 7 heteroatoms. The molecule has 1 aromatic heterocycles. The summed E-state index contributed by atoms with van der Waals surface area (Å²) < 4.78 is 0. The van der Waals surface area contributed by atoms with Crippen LogP contribution in [-0.4, -0.2) is 59.1 Å². The lowest BCUT2D eigenvalue weighted by molar-refractivity contribution is -0.121. The Morgan fingerprint density at radius 1 is 1.38 bits per heavy atom. The van der Waals surface area contributed by atoms with Crippen LogP contribution in [0.15, 0.2) is 0 Å².